The average Bonchev–Trinajstić information content (AvgIpc) is 2.34. The first kappa shape index (κ1) is 15.7. The van der Waals surface area contributed by atoms with E-state index in [1.54, 1.807) is 7.05 Å². The zero-order valence-electron chi connectivity index (χ0n) is 11.3. The molecule has 104 valence electrons. The van der Waals surface area contributed by atoms with Gasteiger partial charge in [0.05, 0.1) is 11.8 Å². The highest BCUT2D eigenvalue weighted by atomic mass is 79.9. The third-order valence-corrected chi connectivity index (χ3v) is 3.58. The molecule has 0 saturated heterocycles. The highest BCUT2D eigenvalue weighted by Gasteiger charge is 2.32. The van der Waals surface area contributed by atoms with Gasteiger partial charge < -0.3 is 10.0 Å². The molecule has 1 N–H and O–H groups in total. The molecule has 5 heteroatoms. The van der Waals surface area contributed by atoms with Crippen LogP contribution in [0.25, 0.3) is 0 Å². The van der Waals surface area contributed by atoms with Gasteiger partial charge in [0.15, 0.2) is 0 Å². The summed E-state index contributed by atoms with van der Waals surface area (Å²) in [6.07, 6.45) is -0.0448. The Bertz CT molecular complexity index is 485. The standard InChI is InChI=1S/C14H18BrNO3/c1-14(2,10-5-4-6-11(15)9-10)13(19)16(3)8-7-12(17)18/h4-6,9H,7-8H2,1-3H3,(H,17,18). The first-order chi connectivity index (χ1) is 8.75. The molecular formula is C14H18BrNO3. The molecule has 1 aromatic carbocycles. The van der Waals surface area contributed by atoms with Gasteiger partial charge in [-0.1, -0.05) is 28.1 Å². The van der Waals surface area contributed by atoms with Crippen LogP contribution in [0.4, 0.5) is 0 Å². The van der Waals surface area contributed by atoms with E-state index in [0.717, 1.165) is 10.0 Å². The summed E-state index contributed by atoms with van der Waals surface area (Å²) in [7, 11) is 1.63. The van der Waals surface area contributed by atoms with Crippen LogP contribution in [0.2, 0.25) is 0 Å². The second-order valence-corrected chi connectivity index (χ2v) is 5.92. The smallest absolute Gasteiger partial charge is 0.305 e. The summed E-state index contributed by atoms with van der Waals surface area (Å²) >= 11 is 3.39. The number of rotatable bonds is 5. The predicted molar refractivity (Wildman–Crippen MR) is 77.1 cm³/mol. The number of hydrogen-bond acceptors (Lipinski definition) is 2. The van der Waals surface area contributed by atoms with Gasteiger partial charge in [-0.05, 0) is 31.5 Å². The van der Waals surface area contributed by atoms with Crippen molar-refractivity contribution in [3.8, 4) is 0 Å². The van der Waals surface area contributed by atoms with Crippen LogP contribution in [-0.4, -0.2) is 35.5 Å². The van der Waals surface area contributed by atoms with Crippen molar-refractivity contribution in [1.29, 1.82) is 0 Å². The molecule has 0 aliphatic rings. The van der Waals surface area contributed by atoms with Crippen LogP contribution in [0, 0.1) is 0 Å². The van der Waals surface area contributed by atoms with E-state index in [4.69, 9.17) is 5.11 Å². The molecule has 0 spiro atoms. The monoisotopic (exact) mass is 327 g/mol. The van der Waals surface area contributed by atoms with Crippen molar-refractivity contribution < 1.29 is 14.7 Å². The summed E-state index contributed by atoms with van der Waals surface area (Å²) in [5.41, 5.74) is 0.214. The molecule has 0 fully saturated rings. The Morgan fingerprint density at radius 3 is 2.53 bits per heavy atom. The van der Waals surface area contributed by atoms with E-state index in [0.29, 0.717) is 0 Å². The molecule has 1 aromatic rings. The lowest BCUT2D eigenvalue weighted by Crippen LogP contribution is -2.42. The van der Waals surface area contributed by atoms with Gasteiger partial charge in [0.25, 0.3) is 0 Å². The number of carboxylic acids is 1. The molecule has 0 aliphatic carbocycles. The molecular weight excluding hydrogens is 310 g/mol. The molecule has 0 heterocycles. The number of likely N-dealkylation sites (N-methyl/N-ethyl adjacent to an activating group) is 1. The highest BCUT2D eigenvalue weighted by Crippen LogP contribution is 2.27. The zero-order valence-corrected chi connectivity index (χ0v) is 12.9. The minimum absolute atomic E-state index is 0.0448. The minimum Gasteiger partial charge on any atom is -0.481 e. The Morgan fingerprint density at radius 2 is 2.00 bits per heavy atom. The maximum absolute atomic E-state index is 12.4. The molecule has 4 nitrogen and oxygen atoms in total. The largest absolute Gasteiger partial charge is 0.481 e. The zero-order chi connectivity index (χ0) is 14.6. The number of aliphatic carboxylic acids is 1. The first-order valence-electron chi connectivity index (χ1n) is 5.98. The lowest BCUT2D eigenvalue weighted by molar-refractivity contribution is -0.139. The molecule has 19 heavy (non-hydrogen) atoms. The van der Waals surface area contributed by atoms with Crippen molar-refractivity contribution in [3.63, 3.8) is 0 Å². The Hall–Kier alpha value is -1.36. The maximum atomic E-state index is 12.4. The van der Waals surface area contributed by atoms with Crippen molar-refractivity contribution in [2.45, 2.75) is 25.7 Å². The third-order valence-electron chi connectivity index (χ3n) is 3.09. The Balaban J connectivity index is 2.87. The number of halogens is 1. The summed E-state index contributed by atoms with van der Waals surface area (Å²) in [6.45, 7) is 3.90. The van der Waals surface area contributed by atoms with E-state index in [2.05, 4.69) is 15.9 Å². The van der Waals surface area contributed by atoms with Crippen LogP contribution in [0.1, 0.15) is 25.8 Å². The molecule has 0 unspecified atom stereocenters. The first-order valence-corrected chi connectivity index (χ1v) is 6.78. The number of hydrogen-bond donors (Lipinski definition) is 1. The molecule has 1 rings (SSSR count). The second-order valence-electron chi connectivity index (χ2n) is 5.01. The van der Waals surface area contributed by atoms with Gasteiger partial charge in [0.1, 0.15) is 0 Å². The van der Waals surface area contributed by atoms with Gasteiger partial charge in [-0.25, -0.2) is 0 Å². The van der Waals surface area contributed by atoms with E-state index in [-0.39, 0.29) is 18.9 Å². The highest BCUT2D eigenvalue weighted by molar-refractivity contribution is 9.10. The third kappa shape index (κ3) is 4.06. The normalized spacial score (nSPS) is 11.2. The van der Waals surface area contributed by atoms with Gasteiger partial charge in [-0.3, -0.25) is 9.59 Å². The van der Waals surface area contributed by atoms with E-state index in [1.807, 2.05) is 38.1 Å². The molecule has 1 amide bonds. The lowest BCUT2D eigenvalue weighted by Gasteiger charge is -2.29. The summed E-state index contributed by atoms with van der Waals surface area (Å²) in [5, 5.41) is 8.66. The lowest BCUT2D eigenvalue weighted by atomic mass is 9.83. The van der Waals surface area contributed by atoms with Crippen LogP contribution in [0.15, 0.2) is 28.7 Å². The molecule has 0 saturated carbocycles. The van der Waals surface area contributed by atoms with Crippen LogP contribution in [-0.2, 0) is 15.0 Å². The van der Waals surface area contributed by atoms with Crippen molar-refractivity contribution in [2.75, 3.05) is 13.6 Å². The van der Waals surface area contributed by atoms with Crippen molar-refractivity contribution in [1.82, 2.24) is 4.90 Å². The van der Waals surface area contributed by atoms with E-state index in [1.165, 1.54) is 4.90 Å². The van der Waals surface area contributed by atoms with Crippen molar-refractivity contribution in [3.05, 3.63) is 34.3 Å². The van der Waals surface area contributed by atoms with E-state index >= 15 is 0 Å². The Morgan fingerprint density at radius 1 is 1.37 bits per heavy atom. The molecule has 0 aliphatic heterocycles. The topological polar surface area (TPSA) is 57.6 Å². The number of carbonyl (C=O) groups excluding carboxylic acids is 1. The van der Waals surface area contributed by atoms with E-state index in [9.17, 15) is 9.59 Å². The number of benzene rings is 1. The van der Waals surface area contributed by atoms with Crippen LogP contribution in [0.3, 0.4) is 0 Å². The maximum Gasteiger partial charge on any atom is 0.305 e. The fourth-order valence-electron chi connectivity index (χ4n) is 1.84. The fraction of sp³-hybridized carbons (Fsp3) is 0.429. The van der Waals surface area contributed by atoms with Gasteiger partial charge in [-0.15, -0.1) is 0 Å². The molecule has 0 aromatic heterocycles. The van der Waals surface area contributed by atoms with Gasteiger partial charge >= 0.3 is 5.97 Å². The van der Waals surface area contributed by atoms with Gasteiger partial charge in [-0.2, -0.15) is 0 Å². The molecule has 0 bridgehead atoms. The fourth-order valence-corrected chi connectivity index (χ4v) is 2.24. The predicted octanol–water partition coefficient (Wildman–Crippen LogP) is 2.66. The van der Waals surface area contributed by atoms with Gasteiger partial charge in [0.2, 0.25) is 5.91 Å². The number of nitrogens with zero attached hydrogens (tertiary/aromatic N) is 1. The summed E-state index contributed by atoms with van der Waals surface area (Å²) in [4.78, 5) is 24.4. The van der Waals surface area contributed by atoms with Crippen LogP contribution in [0.5, 0.6) is 0 Å². The number of amides is 1. The molecule has 0 atom stereocenters. The van der Waals surface area contributed by atoms with Crippen molar-refractivity contribution in [2.24, 2.45) is 0 Å². The van der Waals surface area contributed by atoms with Crippen molar-refractivity contribution >= 4 is 27.8 Å². The Labute approximate surface area is 121 Å². The Kier molecular flexibility index (Phi) is 5.11. The summed E-state index contributed by atoms with van der Waals surface area (Å²) < 4.78 is 0.916. The second kappa shape index (κ2) is 6.19. The minimum atomic E-state index is -0.903. The van der Waals surface area contributed by atoms with E-state index < -0.39 is 11.4 Å². The van der Waals surface area contributed by atoms with Gasteiger partial charge in [0, 0.05) is 18.1 Å². The van der Waals surface area contributed by atoms with Crippen LogP contribution < -0.4 is 0 Å². The summed E-state index contributed by atoms with van der Waals surface area (Å²) in [5.74, 6) is -0.994. The quantitative estimate of drug-likeness (QED) is 0.904. The summed E-state index contributed by atoms with van der Waals surface area (Å²) in [6, 6.07) is 7.58. The number of carboxylic acid groups (broad SMARTS) is 1. The molecule has 0 radical (unpaired) electrons. The number of carbonyl (C=O) groups is 2. The van der Waals surface area contributed by atoms with Crippen LogP contribution >= 0.6 is 15.9 Å². The average molecular weight is 328 g/mol. The SMILES string of the molecule is CN(CCC(=O)O)C(=O)C(C)(C)c1cccc(Br)c1.